The fourth-order valence-corrected chi connectivity index (χ4v) is 4.04. The van der Waals surface area contributed by atoms with Crippen molar-refractivity contribution in [2.45, 2.75) is 40.2 Å². The fourth-order valence-electron chi connectivity index (χ4n) is 4.04. The van der Waals surface area contributed by atoms with E-state index in [-0.39, 0.29) is 0 Å². The van der Waals surface area contributed by atoms with E-state index in [1.165, 1.54) is 22.5 Å². The standard InChI is InChI=1S/C23H28N6/c1-5-28(6-2)19-11-12-20(16(3)13-19)25-22-15-24-27-23(26-22)29-17(4)14-18-9-7-8-10-21(18)29/h7-13,15,17H,5-6,14H2,1-4H3,(H,25,26,27). The number of rotatable bonds is 6. The van der Waals surface area contributed by atoms with Crippen LogP contribution >= 0.6 is 0 Å². The summed E-state index contributed by atoms with van der Waals surface area (Å²) in [6, 6.07) is 15.2. The molecule has 2 heterocycles. The summed E-state index contributed by atoms with van der Waals surface area (Å²) in [5.41, 5.74) is 5.93. The number of hydrogen-bond donors (Lipinski definition) is 1. The van der Waals surface area contributed by atoms with E-state index in [1.54, 1.807) is 6.20 Å². The van der Waals surface area contributed by atoms with Gasteiger partial charge in [-0.2, -0.15) is 10.1 Å². The lowest BCUT2D eigenvalue weighted by Gasteiger charge is -2.23. The maximum Gasteiger partial charge on any atom is 0.252 e. The summed E-state index contributed by atoms with van der Waals surface area (Å²) in [4.78, 5) is 9.27. The molecule has 1 N–H and O–H groups in total. The first-order chi connectivity index (χ1) is 14.1. The van der Waals surface area contributed by atoms with E-state index in [9.17, 15) is 0 Å². The molecule has 1 unspecified atom stereocenters. The molecule has 6 heteroatoms. The second-order valence-corrected chi connectivity index (χ2v) is 7.49. The van der Waals surface area contributed by atoms with Gasteiger partial charge in [-0.05, 0) is 69.5 Å². The predicted octanol–water partition coefficient (Wildman–Crippen LogP) is 4.85. The van der Waals surface area contributed by atoms with Crippen LogP contribution in [0.4, 0.5) is 28.8 Å². The zero-order valence-electron chi connectivity index (χ0n) is 17.6. The van der Waals surface area contributed by atoms with E-state index in [4.69, 9.17) is 4.98 Å². The summed E-state index contributed by atoms with van der Waals surface area (Å²) in [6.07, 6.45) is 2.66. The van der Waals surface area contributed by atoms with Gasteiger partial charge in [0, 0.05) is 36.2 Å². The van der Waals surface area contributed by atoms with Crippen molar-refractivity contribution in [1.82, 2.24) is 15.2 Å². The predicted molar refractivity (Wildman–Crippen MR) is 120 cm³/mol. The molecule has 0 aliphatic carbocycles. The number of benzene rings is 2. The number of aryl methyl sites for hydroxylation is 1. The third kappa shape index (κ3) is 3.75. The Morgan fingerprint density at radius 1 is 1.14 bits per heavy atom. The number of nitrogens with zero attached hydrogens (tertiary/aromatic N) is 5. The molecule has 2 aromatic carbocycles. The minimum Gasteiger partial charge on any atom is -0.372 e. The zero-order valence-corrected chi connectivity index (χ0v) is 17.6. The van der Waals surface area contributed by atoms with Crippen LogP contribution in [0.15, 0.2) is 48.7 Å². The van der Waals surface area contributed by atoms with E-state index >= 15 is 0 Å². The minimum atomic E-state index is 0.305. The number of fused-ring (bicyclic) bond motifs is 1. The van der Waals surface area contributed by atoms with Crippen molar-refractivity contribution >= 4 is 28.8 Å². The van der Waals surface area contributed by atoms with Gasteiger partial charge in [-0.15, -0.1) is 5.10 Å². The average Bonchev–Trinajstić information content (AvgIpc) is 3.07. The van der Waals surface area contributed by atoms with E-state index in [1.807, 2.05) is 0 Å². The van der Waals surface area contributed by atoms with Crippen molar-refractivity contribution < 1.29 is 0 Å². The Kier molecular flexibility index (Phi) is 5.34. The molecule has 1 aliphatic heterocycles. The molecule has 0 saturated heterocycles. The van der Waals surface area contributed by atoms with E-state index in [2.05, 4.69) is 95.5 Å². The van der Waals surface area contributed by atoms with Crippen LogP contribution in [-0.4, -0.2) is 34.3 Å². The summed E-state index contributed by atoms with van der Waals surface area (Å²) in [6.45, 7) is 10.7. The van der Waals surface area contributed by atoms with Crippen molar-refractivity contribution in [2.75, 3.05) is 28.2 Å². The molecule has 0 fully saturated rings. The Labute approximate surface area is 172 Å². The Hall–Kier alpha value is -3.15. The molecule has 0 radical (unpaired) electrons. The van der Waals surface area contributed by atoms with Crippen molar-refractivity contribution in [2.24, 2.45) is 0 Å². The molecule has 150 valence electrons. The molecular weight excluding hydrogens is 360 g/mol. The van der Waals surface area contributed by atoms with E-state index in [0.29, 0.717) is 17.8 Å². The van der Waals surface area contributed by atoms with Crippen LogP contribution in [0.3, 0.4) is 0 Å². The quantitative estimate of drug-likeness (QED) is 0.651. The van der Waals surface area contributed by atoms with Gasteiger partial charge < -0.3 is 15.1 Å². The van der Waals surface area contributed by atoms with E-state index in [0.717, 1.165) is 25.2 Å². The molecule has 0 amide bonds. The van der Waals surface area contributed by atoms with Gasteiger partial charge in [0.05, 0.1) is 6.20 Å². The molecule has 3 aromatic rings. The highest BCUT2D eigenvalue weighted by atomic mass is 15.4. The molecular formula is C23H28N6. The van der Waals surface area contributed by atoms with Crippen LogP contribution in [0.1, 0.15) is 31.9 Å². The fraction of sp³-hybridized carbons (Fsp3) is 0.348. The first-order valence-electron chi connectivity index (χ1n) is 10.3. The topological polar surface area (TPSA) is 57.2 Å². The lowest BCUT2D eigenvalue weighted by Crippen LogP contribution is -2.26. The van der Waals surface area contributed by atoms with Crippen molar-refractivity contribution in [3.05, 3.63) is 59.8 Å². The van der Waals surface area contributed by atoms with Crippen molar-refractivity contribution in [3.8, 4) is 0 Å². The van der Waals surface area contributed by atoms with Crippen LogP contribution in [0.5, 0.6) is 0 Å². The van der Waals surface area contributed by atoms with Crippen LogP contribution in [0.25, 0.3) is 0 Å². The van der Waals surface area contributed by atoms with Gasteiger partial charge in [0.25, 0.3) is 5.95 Å². The third-order valence-electron chi connectivity index (χ3n) is 5.57. The monoisotopic (exact) mass is 388 g/mol. The lowest BCUT2D eigenvalue weighted by molar-refractivity contribution is 0.730. The molecule has 1 aromatic heterocycles. The van der Waals surface area contributed by atoms with Crippen LogP contribution in [-0.2, 0) is 6.42 Å². The molecule has 0 saturated carbocycles. The highest BCUT2D eigenvalue weighted by molar-refractivity contribution is 5.69. The first kappa shape index (κ1) is 19.2. The highest BCUT2D eigenvalue weighted by Gasteiger charge is 2.29. The van der Waals surface area contributed by atoms with Gasteiger partial charge in [0.15, 0.2) is 5.82 Å². The number of hydrogen-bond acceptors (Lipinski definition) is 6. The second kappa shape index (κ2) is 8.07. The van der Waals surface area contributed by atoms with Gasteiger partial charge in [0.1, 0.15) is 0 Å². The van der Waals surface area contributed by atoms with Crippen molar-refractivity contribution in [1.29, 1.82) is 0 Å². The third-order valence-corrected chi connectivity index (χ3v) is 5.57. The highest BCUT2D eigenvalue weighted by Crippen LogP contribution is 2.36. The molecule has 29 heavy (non-hydrogen) atoms. The van der Waals surface area contributed by atoms with Gasteiger partial charge in [0.2, 0.25) is 0 Å². The molecule has 4 rings (SSSR count). The molecule has 1 atom stereocenters. The van der Waals surface area contributed by atoms with Gasteiger partial charge in [-0.25, -0.2) is 0 Å². The SMILES string of the molecule is CCN(CC)c1ccc(Nc2cnnc(N3c4ccccc4CC3C)n2)c(C)c1. The Bertz CT molecular complexity index is 998. The van der Waals surface area contributed by atoms with Crippen LogP contribution < -0.4 is 15.1 Å². The summed E-state index contributed by atoms with van der Waals surface area (Å²) < 4.78 is 0. The number of aromatic nitrogens is 3. The summed E-state index contributed by atoms with van der Waals surface area (Å²) in [7, 11) is 0. The molecule has 6 nitrogen and oxygen atoms in total. The first-order valence-corrected chi connectivity index (χ1v) is 10.3. The Morgan fingerprint density at radius 3 is 2.69 bits per heavy atom. The second-order valence-electron chi connectivity index (χ2n) is 7.49. The van der Waals surface area contributed by atoms with Crippen LogP contribution in [0.2, 0.25) is 0 Å². The van der Waals surface area contributed by atoms with Crippen molar-refractivity contribution in [3.63, 3.8) is 0 Å². The zero-order chi connectivity index (χ0) is 20.4. The maximum absolute atomic E-state index is 4.76. The maximum atomic E-state index is 4.76. The smallest absolute Gasteiger partial charge is 0.252 e. The number of anilines is 5. The molecule has 0 bridgehead atoms. The number of para-hydroxylation sites is 1. The summed E-state index contributed by atoms with van der Waals surface area (Å²) in [5.74, 6) is 1.33. The Balaban J connectivity index is 1.59. The largest absolute Gasteiger partial charge is 0.372 e. The van der Waals surface area contributed by atoms with Gasteiger partial charge in [-0.1, -0.05) is 18.2 Å². The number of nitrogens with one attached hydrogen (secondary N) is 1. The van der Waals surface area contributed by atoms with Gasteiger partial charge >= 0.3 is 0 Å². The molecule has 0 spiro atoms. The molecule has 1 aliphatic rings. The van der Waals surface area contributed by atoms with Crippen LogP contribution in [0, 0.1) is 6.92 Å². The summed E-state index contributed by atoms with van der Waals surface area (Å²) >= 11 is 0. The van der Waals surface area contributed by atoms with Gasteiger partial charge in [-0.3, -0.25) is 0 Å². The lowest BCUT2D eigenvalue weighted by atomic mass is 10.1. The minimum absolute atomic E-state index is 0.305. The Morgan fingerprint density at radius 2 is 1.93 bits per heavy atom. The van der Waals surface area contributed by atoms with E-state index < -0.39 is 0 Å². The summed E-state index contributed by atoms with van der Waals surface area (Å²) in [5, 5.41) is 11.9. The normalized spacial score (nSPS) is 15.3. The average molecular weight is 389 g/mol.